The minimum Gasteiger partial charge on any atom is -0.469 e. The third-order valence-electron chi connectivity index (χ3n) is 2.81. The molecule has 0 atom stereocenters. The van der Waals surface area contributed by atoms with Gasteiger partial charge < -0.3 is 9.32 Å². The zero-order valence-electron chi connectivity index (χ0n) is 10.8. The van der Waals surface area contributed by atoms with Gasteiger partial charge in [0.1, 0.15) is 22.0 Å². The fourth-order valence-corrected chi connectivity index (χ4v) is 2.13. The Morgan fingerprint density at radius 3 is 2.78 bits per heavy atom. The molecule has 0 N–H and O–H groups in total. The fourth-order valence-electron chi connectivity index (χ4n) is 1.72. The van der Waals surface area contributed by atoms with E-state index < -0.39 is 0 Å². The van der Waals surface area contributed by atoms with Crippen LogP contribution in [0.5, 0.6) is 0 Å². The van der Waals surface area contributed by atoms with Crippen molar-refractivity contribution < 1.29 is 4.42 Å². The highest BCUT2D eigenvalue weighted by molar-refractivity contribution is 9.10. The summed E-state index contributed by atoms with van der Waals surface area (Å²) in [5.41, 5.74) is 1.17. The number of furan rings is 1. The molecule has 0 amide bonds. The van der Waals surface area contributed by atoms with Crippen LogP contribution in [0.1, 0.15) is 24.1 Å². The molecule has 5 heteroatoms. The monoisotopic (exact) mass is 309 g/mol. The number of anilines is 1. The molecule has 96 valence electrons. The van der Waals surface area contributed by atoms with E-state index in [1.54, 1.807) is 6.26 Å². The number of halogens is 1. The second-order valence-electron chi connectivity index (χ2n) is 4.18. The van der Waals surface area contributed by atoms with E-state index in [2.05, 4.69) is 30.8 Å². The molecule has 0 aromatic carbocycles. The summed E-state index contributed by atoms with van der Waals surface area (Å²) in [6.45, 7) is 4.79. The quantitative estimate of drug-likeness (QED) is 0.812. The van der Waals surface area contributed by atoms with Gasteiger partial charge in [-0.05, 0) is 28.9 Å². The summed E-state index contributed by atoms with van der Waals surface area (Å²) in [5, 5.41) is 0. The summed E-state index contributed by atoms with van der Waals surface area (Å²) in [7, 11) is 2.01. The lowest BCUT2D eigenvalue weighted by Gasteiger charge is -2.18. The van der Waals surface area contributed by atoms with Crippen LogP contribution in [0.3, 0.4) is 0 Å². The third-order valence-corrected chi connectivity index (χ3v) is 3.22. The predicted octanol–water partition coefficient (Wildman–Crippen LogP) is 3.34. The van der Waals surface area contributed by atoms with E-state index >= 15 is 0 Å². The van der Waals surface area contributed by atoms with Gasteiger partial charge in [-0.25, -0.2) is 9.97 Å². The van der Waals surface area contributed by atoms with E-state index in [1.807, 2.05) is 33.0 Å². The van der Waals surface area contributed by atoms with Gasteiger partial charge in [-0.1, -0.05) is 6.92 Å². The molecule has 0 saturated heterocycles. The van der Waals surface area contributed by atoms with Crippen molar-refractivity contribution in [2.45, 2.75) is 26.8 Å². The number of rotatable bonds is 4. The highest BCUT2D eigenvalue weighted by Gasteiger charge is 2.09. The Bertz CT molecular complexity index is 539. The molecule has 0 spiro atoms. The van der Waals surface area contributed by atoms with Crippen LogP contribution in [-0.4, -0.2) is 17.0 Å². The Hall–Kier alpha value is -1.36. The van der Waals surface area contributed by atoms with Gasteiger partial charge in [0.05, 0.1) is 6.26 Å². The van der Waals surface area contributed by atoms with Crippen LogP contribution in [-0.2, 0) is 13.0 Å². The van der Waals surface area contributed by atoms with Crippen LogP contribution in [0.25, 0.3) is 0 Å². The Kier molecular flexibility index (Phi) is 4.01. The molecule has 2 aromatic heterocycles. The topological polar surface area (TPSA) is 42.2 Å². The number of nitrogens with zero attached hydrogens (tertiary/aromatic N) is 3. The van der Waals surface area contributed by atoms with Gasteiger partial charge in [-0.2, -0.15) is 0 Å². The summed E-state index contributed by atoms with van der Waals surface area (Å²) in [4.78, 5) is 10.9. The normalized spacial score (nSPS) is 10.7. The van der Waals surface area contributed by atoms with Crippen molar-refractivity contribution in [1.82, 2.24) is 9.97 Å². The van der Waals surface area contributed by atoms with Gasteiger partial charge in [0.25, 0.3) is 0 Å². The molecule has 18 heavy (non-hydrogen) atoms. The second kappa shape index (κ2) is 5.52. The molecule has 2 heterocycles. The van der Waals surface area contributed by atoms with E-state index in [-0.39, 0.29) is 0 Å². The number of aryl methyl sites for hydroxylation is 2. The van der Waals surface area contributed by atoms with Crippen LogP contribution < -0.4 is 4.90 Å². The first-order valence-corrected chi connectivity index (χ1v) is 6.67. The molecule has 0 radical (unpaired) electrons. The summed E-state index contributed by atoms with van der Waals surface area (Å²) >= 11 is 3.42. The Morgan fingerprint density at radius 2 is 2.17 bits per heavy atom. The minimum atomic E-state index is 0.773. The minimum absolute atomic E-state index is 0.773. The predicted molar refractivity (Wildman–Crippen MR) is 74.7 cm³/mol. The van der Waals surface area contributed by atoms with Gasteiger partial charge in [0.15, 0.2) is 0 Å². The molecule has 0 fully saturated rings. The van der Waals surface area contributed by atoms with Crippen molar-refractivity contribution in [3.05, 3.63) is 40.1 Å². The van der Waals surface area contributed by atoms with Crippen molar-refractivity contribution >= 4 is 21.7 Å². The lowest BCUT2D eigenvalue weighted by atomic mass is 10.2. The van der Waals surface area contributed by atoms with Crippen molar-refractivity contribution in [2.75, 3.05) is 11.9 Å². The molecule has 2 rings (SSSR count). The zero-order valence-corrected chi connectivity index (χ0v) is 12.4. The van der Waals surface area contributed by atoms with Gasteiger partial charge in [-0.15, -0.1) is 0 Å². The Labute approximate surface area is 115 Å². The fraction of sp³-hybridized carbons (Fsp3) is 0.385. The first kappa shape index (κ1) is 13.1. The van der Waals surface area contributed by atoms with Gasteiger partial charge in [-0.3, -0.25) is 0 Å². The largest absolute Gasteiger partial charge is 0.469 e. The van der Waals surface area contributed by atoms with E-state index in [9.17, 15) is 0 Å². The zero-order chi connectivity index (χ0) is 13.1. The van der Waals surface area contributed by atoms with Gasteiger partial charge in [0, 0.05) is 31.6 Å². The molecule has 0 unspecified atom stereocenters. The van der Waals surface area contributed by atoms with Gasteiger partial charge >= 0.3 is 0 Å². The van der Waals surface area contributed by atoms with E-state index in [4.69, 9.17) is 4.42 Å². The maximum absolute atomic E-state index is 5.30. The lowest BCUT2D eigenvalue weighted by molar-refractivity contribution is 0.529. The second-order valence-corrected chi connectivity index (χ2v) is 4.99. The average Bonchev–Trinajstić information content (AvgIpc) is 2.74. The molecule has 2 aromatic rings. The highest BCUT2D eigenvalue weighted by atomic mass is 79.9. The maximum atomic E-state index is 5.30. The van der Waals surface area contributed by atoms with Gasteiger partial charge in [0.2, 0.25) is 0 Å². The van der Waals surface area contributed by atoms with Crippen LogP contribution in [0.4, 0.5) is 5.82 Å². The van der Waals surface area contributed by atoms with E-state index in [1.165, 1.54) is 5.56 Å². The van der Waals surface area contributed by atoms with Crippen molar-refractivity contribution in [2.24, 2.45) is 0 Å². The first-order chi connectivity index (χ1) is 8.60. The summed E-state index contributed by atoms with van der Waals surface area (Å²) in [5.74, 6) is 2.70. The van der Waals surface area contributed by atoms with Crippen LogP contribution in [0.15, 0.2) is 27.4 Å². The molecule has 4 nitrogen and oxygen atoms in total. The Morgan fingerprint density at radius 1 is 1.39 bits per heavy atom. The molecule has 0 aliphatic carbocycles. The first-order valence-electron chi connectivity index (χ1n) is 5.87. The van der Waals surface area contributed by atoms with E-state index in [0.717, 1.165) is 35.0 Å². The number of aromatic nitrogens is 2. The van der Waals surface area contributed by atoms with Crippen LogP contribution in [0, 0.1) is 6.92 Å². The molecular weight excluding hydrogens is 294 g/mol. The van der Waals surface area contributed by atoms with Crippen LogP contribution >= 0.6 is 15.9 Å². The molecule has 0 bridgehead atoms. The molecule has 0 saturated carbocycles. The smallest absolute Gasteiger partial charge is 0.133 e. The SMILES string of the molecule is CCc1nc(Br)cc(N(C)Cc2ccoc2C)n1. The van der Waals surface area contributed by atoms with Crippen molar-refractivity contribution in [1.29, 1.82) is 0 Å². The Balaban J connectivity index is 2.20. The number of hydrogen-bond donors (Lipinski definition) is 0. The molecule has 0 aliphatic heterocycles. The summed E-state index contributed by atoms with van der Waals surface area (Å²) in [6.07, 6.45) is 2.54. The van der Waals surface area contributed by atoms with Crippen molar-refractivity contribution in [3.8, 4) is 0 Å². The van der Waals surface area contributed by atoms with Crippen molar-refractivity contribution in [3.63, 3.8) is 0 Å². The van der Waals surface area contributed by atoms with E-state index in [0.29, 0.717) is 0 Å². The lowest BCUT2D eigenvalue weighted by Crippen LogP contribution is -2.18. The highest BCUT2D eigenvalue weighted by Crippen LogP contribution is 2.19. The summed E-state index contributed by atoms with van der Waals surface area (Å²) in [6, 6.07) is 3.91. The molecule has 0 aliphatic rings. The summed E-state index contributed by atoms with van der Waals surface area (Å²) < 4.78 is 6.12. The average molecular weight is 310 g/mol. The maximum Gasteiger partial charge on any atom is 0.133 e. The van der Waals surface area contributed by atoms with Crippen LogP contribution in [0.2, 0.25) is 0 Å². The standard InChI is InChI=1S/C13H16BrN3O/c1-4-12-15-11(14)7-13(16-12)17(3)8-10-5-6-18-9(10)2/h5-7H,4,8H2,1-3H3. The molecular formula is C13H16BrN3O. The third kappa shape index (κ3) is 2.90. The number of hydrogen-bond acceptors (Lipinski definition) is 4.